The number of aliphatic hydroxyl groups is 1. The van der Waals surface area contributed by atoms with Crippen molar-refractivity contribution in [1.82, 2.24) is 8.87 Å². The molecule has 0 saturated heterocycles. The summed E-state index contributed by atoms with van der Waals surface area (Å²) in [6, 6.07) is 21.3. The molecule has 6 nitrogen and oxygen atoms in total. The Labute approximate surface area is 307 Å². The molecule has 1 aliphatic heterocycles. The number of aryl methyl sites for hydroxylation is 1. The van der Waals surface area contributed by atoms with Crippen molar-refractivity contribution in [1.29, 1.82) is 0 Å². The van der Waals surface area contributed by atoms with E-state index in [1.807, 2.05) is 49.5 Å². The Morgan fingerprint density at radius 1 is 0.961 bits per heavy atom. The predicted octanol–water partition coefficient (Wildman–Crippen LogP) is 10.2. The van der Waals surface area contributed by atoms with Crippen LogP contribution in [0.25, 0.3) is 10.9 Å². The quantitative estimate of drug-likeness (QED) is 0.130. The average Bonchev–Trinajstić information content (AvgIpc) is 3.66. The summed E-state index contributed by atoms with van der Waals surface area (Å²) in [7, 11) is -6.08. The van der Waals surface area contributed by atoms with E-state index in [1.165, 1.54) is 20.7 Å². The van der Waals surface area contributed by atoms with Crippen molar-refractivity contribution in [3.63, 3.8) is 0 Å². The van der Waals surface area contributed by atoms with Crippen LogP contribution < -0.4 is 0 Å². The highest BCUT2D eigenvalue weighted by Crippen LogP contribution is 2.51. The Morgan fingerprint density at radius 2 is 1.63 bits per heavy atom. The molecule has 51 heavy (non-hydrogen) atoms. The second-order valence-electron chi connectivity index (χ2n) is 16.7. The molecule has 0 unspecified atom stereocenters. The van der Waals surface area contributed by atoms with Gasteiger partial charge in [0.1, 0.15) is 0 Å². The fourth-order valence-electron chi connectivity index (χ4n) is 8.09. The lowest BCUT2D eigenvalue weighted by Gasteiger charge is -2.46. The van der Waals surface area contributed by atoms with E-state index < -0.39 is 23.9 Å². The summed E-state index contributed by atoms with van der Waals surface area (Å²) < 4.78 is 37.6. The van der Waals surface area contributed by atoms with Crippen molar-refractivity contribution < 1.29 is 18.0 Å². The zero-order valence-electron chi connectivity index (χ0n) is 32.3. The van der Waals surface area contributed by atoms with Gasteiger partial charge in [-0.2, -0.15) is 0 Å². The maximum absolute atomic E-state index is 14.4. The minimum Gasteiger partial charge on any atom is -0.412 e. The van der Waals surface area contributed by atoms with Crippen molar-refractivity contribution in [2.75, 3.05) is 6.54 Å². The largest absolute Gasteiger partial charge is 0.412 e. The molecule has 4 aromatic rings. The van der Waals surface area contributed by atoms with Gasteiger partial charge in [-0.25, -0.2) is 12.4 Å². The van der Waals surface area contributed by atoms with Gasteiger partial charge in [0.2, 0.25) is 0 Å². The van der Waals surface area contributed by atoms with Gasteiger partial charge < -0.3 is 9.53 Å². The summed E-state index contributed by atoms with van der Waals surface area (Å²) in [5.74, 6) is 0.329. The predicted molar refractivity (Wildman–Crippen MR) is 212 cm³/mol. The summed E-state index contributed by atoms with van der Waals surface area (Å²) in [5, 5.41) is 12.9. The lowest BCUT2D eigenvalue weighted by Crippen LogP contribution is -2.49. The molecule has 274 valence electrons. The number of benzene rings is 3. The Hall–Kier alpha value is -3.01. The first-order valence-electron chi connectivity index (χ1n) is 18.8. The summed E-state index contributed by atoms with van der Waals surface area (Å²) in [4.78, 5) is 2.84. The molecule has 2 aliphatic rings. The minimum absolute atomic E-state index is 0.0392. The molecule has 0 fully saturated rings. The molecule has 6 rings (SSSR count). The van der Waals surface area contributed by atoms with Gasteiger partial charge in [0.15, 0.2) is 8.32 Å². The Morgan fingerprint density at radius 3 is 2.25 bits per heavy atom. The zero-order valence-corrected chi connectivity index (χ0v) is 34.1. The van der Waals surface area contributed by atoms with Crippen LogP contribution in [-0.2, 0) is 20.9 Å². The first kappa shape index (κ1) is 37.7. The summed E-state index contributed by atoms with van der Waals surface area (Å²) >= 11 is 0. The van der Waals surface area contributed by atoms with Crippen LogP contribution in [0, 0.1) is 6.92 Å². The van der Waals surface area contributed by atoms with Gasteiger partial charge in [-0.3, -0.25) is 4.90 Å². The van der Waals surface area contributed by atoms with Gasteiger partial charge in [0, 0.05) is 18.1 Å². The standard InChI is InChI=1S/C43H58N2O4SSi/c1-11-43(46,12-2)32-24-25-44(41-39(49-51(9,10)42(6,7)8)26-31-16-15-18-34(29(3)4)40(31)41)38(27-32)36-28-45(37-19-14-13-17-35(36)37)50(47,48)33-22-20-30(5)21-23-33/h13-23,27-29,38-39,41,46H,11-12,24-26H2,1-10H3/t38-,39+,41+/m0/s1. The number of aromatic nitrogens is 1. The number of rotatable bonds is 10. The minimum atomic E-state index is -3.90. The van der Waals surface area contributed by atoms with Crippen molar-refractivity contribution in [3.8, 4) is 0 Å². The second-order valence-corrected chi connectivity index (χ2v) is 23.3. The van der Waals surface area contributed by atoms with E-state index in [-0.39, 0.29) is 28.1 Å². The number of hydrogen-bond acceptors (Lipinski definition) is 5. The molecule has 3 aromatic carbocycles. The van der Waals surface area contributed by atoms with E-state index in [0.29, 0.717) is 24.3 Å². The van der Waals surface area contributed by atoms with Crippen molar-refractivity contribution >= 4 is 29.2 Å². The third kappa shape index (κ3) is 6.72. The normalized spacial score (nSPS) is 20.6. The third-order valence-electron chi connectivity index (χ3n) is 12.3. The van der Waals surface area contributed by atoms with E-state index in [9.17, 15) is 13.5 Å². The van der Waals surface area contributed by atoms with E-state index in [1.54, 1.807) is 12.1 Å². The monoisotopic (exact) mass is 726 g/mol. The van der Waals surface area contributed by atoms with Crippen LogP contribution >= 0.6 is 0 Å². The molecular formula is C43H58N2O4SSi. The molecule has 0 radical (unpaired) electrons. The van der Waals surface area contributed by atoms with Crippen molar-refractivity contribution in [2.45, 2.75) is 134 Å². The molecule has 1 aromatic heterocycles. The van der Waals surface area contributed by atoms with Gasteiger partial charge in [-0.15, -0.1) is 0 Å². The molecule has 1 N–H and O–H groups in total. The Balaban J connectivity index is 1.60. The maximum Gasteiger partial charge on any atom is 0.268 e. The molecule has 0 amide bonds. The van der Waals surface area contributed by atoms with E-state index >= 15 is 0 Å². The van der Waals surface area contributed by atoms with E-state index in [2.05, 4.69) is 90.7 Å². The first-order valence-corrected chi connectivity index (χ1v) is 23.2. The highest BCUT2D eigenvalue weighted by Gasteiger charge is 2.48. The fourth-order valence-corrected chi connectivity index (χ4v) is 10.8. The van der Waals surface area contributed by atoms with Crippen molar-refractivity contribution in [3.05, 3.63) is 112 Å². The van der Waals surface area contributed by atoms with Crippen LogP contribution in [0.2, 0.25) is 18.1 Å². The topological polar surface area (TPSA) is 71.8 Å². The SMILES string of the molecule is CCC(O)(CC)C1=C[C@@H](c2cn(S(=O)(=O)c3ccc(C)cc3)c3ccccc23)N([C@H]2c3c(cccc3C(C)C)C[C@H]2O[Si](C)(C)C(C)(C)C)CC1. The lowest BCUT2D eigenvalue weighted by molar-refractivity contribution is 0.0300. The van der Waals surface area contributed by atoms with Crippen LogP contribution in [0.15, 0.2) is 89.5 Å². The number of hydrogen-bond donors (Lipinski definition) is 1. The summed E-state index contributed by atoms with van der Waals surface area (Å²) in [6.45, 7) is 22.9. The summed E-state index contributed by atoms with van der Waals surface area (Å²) in [6.07, 6.45) is 6.86. The molecule has 2 heterocycles. The zero-order chi connectivity index (χ0) is 37.1. The van der Waals surface area contributed by atoms with Gasteiger partial charge >= 0.3 is 0 Å². The highest BCUT2D eigenvalue weighted by molar-refractivity contribution is 7.90. The molecule has 1 aliphatic carbocycles. The van der Waals surface area contributed by atoms with Crippen LogP contribution in [0.3, 0.4) is 0 Å². The van der Waals surface area contributed by atoms with Gasteiger partial charge in [-0.05, 0) is 103 Å². The molecule has 8 heteroatoms. The molecule has 0 spiro atoms. The molecular weight excluding hydrogens is 669 g/mol. The number of fused-ring (bicyclic) bond motifs is 2. The smallest absolute Gasteiger partial charge is 0.268 e. The second kappa shape index (κ2) is 13.8. The van der Waals surface area contributed by atoms with E-state index in [4.69, 9.17) is 4.43 Å². The number of nitrogens with zero attached hydrogens (tertiary/aromatic N) is 2. The fraction of sp³-hybridized carbons (Fsp3) is 0.488. The van der Waals surface area contributed by atoms with Crippen molar-refractivity contribution in [2.24, 2.45) is 0 Å². The Bertz CT molecular complexity index is 2030. The highest BCUT2D eigenvalue weighted by atomic mass is 32.2. The third-order valence-corrected chi connectivity index (χ3v) is 18.5. The van der Waals surface area contributed by atoms with E-state index in [0.717, 1.165) is 41.5 Å². The van der Waals surface area contributed by atoms with Gasteiger partial charge in [-0.1, -0.05) is 109 Å². The van der Waals surface area contributed by atoms with Gasteiger partial charge in [0.25, 0.3) is 10.0 Å². The number of para-hydroxylation sites is 1. The maximum atomic E-state index is 14.4. The first-order chi connectivity index (χ1) is 23.9. The van der Waals surface area contributed by atoms with Crippen LogP contribution in [0.1, 0.15) is 114 Å². The molecule has 0 saturated carbocycles. The Kier molecular flexibility index (Phi) is 10.2. The van der Waals surface area contributed by atoms with Gasteiger partial charge in [0.05, 0.1) is 34.2 Å². The molecule has 3 atom stereocenters. The summed E-state index contributed by atoms with van der Waals surface area (Å²) in [5.41, 5.74) is 6.73. The molecule has 0 bridgehead atoms. The van der Waals surface area contributed by atoms with Crippen LogP contribution in [-0.4, -0.2) is 49.0 Å². The van der Waals surface area contributed by atoms with Crippen LogP contribution in [0.4, 0.5) is 0 Å². The van der Waals surface area contributed by atoms with Crippen LogP contribution in [0.5, 0.6) is 0 Å². The average molecular weight is 727 g/mol. The lowest BCUT2D eigenvalue weighted by atomic mass is 9.81.